The summed E-state index contributed by atoms with van der Waals surface area (Å²) in [6.07, 6.45) is 4.69. The van der Waals surface area contributed by atoms with Crippen LogP contribution in [0.4, 0.5) is 0 Å². The molecule has 15 heavy (non-hydrogen) atoms. The summed E-state index contributed by atoms with van der Waals surface area (Å²) in [5.74, 6) is -0.569. The number of hydrazine groups is 1. The van der Waals surface area contributed by atoms with Gasteiger partial charge in [-0.25, -0.2) is 4.79 Å². The lowest BCUT2D eigenvalue weighted by molar-refractivity contribution is -0.138. The first-order chi connectivity index (χ1) is 7.13. The van der Waals surface area contributed by atoms with Crippen LogP contribution in [-0.4, -0.2) is 22.3 Å². The zero-order valence-electron chi connectivity index (χ0n) is 8.11. The number of hydrazone groups is 1. The lowest BCUT2D eigenvalue weighted by atomic mass is 10.5. The van der Waals surface area contributed by atoms with Crippen molar-refractivity contribution >= 4 is 26.5 Å². The molecule has 0 amide bonds. The topological polar surface area (TPSA) is 80.0 Å². The van der Waals surface area contributed by atoms with Crippen LogP contribution in [0, 0.1) is 0 Å². The molecule has 1 heterocycles. The molecule has 0 aromatic carbocycles. The van der Waals surface area contributed by atoms with Gasteiger partial charge in [-0.05, 0) is 28.9 Å². The number of allylic oxidation sites excluding steroid dienone is 1. The van der Waals surface area contributed by atoms with Crippen LogP contribution in [0.5, 0.6) is 0 Å². The van der Waals surface area contributed by atoms with Crippen molar-refractivity contribution in [3.63, 3.8) is 0 Å². The Morgan fingerprint density at radius 2 is 2.60 bits per heavy atom. The molecule has 0 aromatic rings. The fourth-order valence-electron chi connectivity index (χ4n) is 0.813. The van der Waals surface area contributed by atoms with E-state index >= 15 is 0 Å². The highest BCUT2D eigenvalue weighted by atomic mass is 79.9. The molecule has 1 aliphatic rings. The second-order valence-electron chi connectivity index (χ2n) is 2.53. The van der Waals surface area contributed by atoms with Gasteiger partial charge >= 0.3 is 5.97 Å². The van der Waals surface area contributed by atoms with E-state index in [4.69, 9.17) is 10.5 Å². The van der Waals surface area contributed by atoms with Crippen LogP contribution in [0.1, 0.15) is 6.92 Å². The predicted octanol–water partition coefficient (Wildman–Crippen LogP) is 0.392. The predicted molar refractivity (Wildman–Crippen MR) is 59.4 cm³/mol. The summed E-state index contributed by atoms with van der Waals surface area (Å²) in [6.45, 7) is 2.00. The van der Waals surface area contributed by atoms with Crippen molar-refractivity contribution in [2.45, 2.75) is 6.92 Å². The monoisotopic (exact) mass is 274 g/mol. The standard InChI is InChI=1S/C8H11BrN4O2/c1-2-15-8(14)6(10)5-13-11-4-3-7(9)12-13/h3-5,11H,2,10H2,1H3/b6-5-. The molecule has 0 atom stereocenters. The van der Waals surface area contributed by atoms with Crippen LogP contribution in [0.25, 0.3) is 0 Å². The Hall–Kier alpha value is -1.50. The highest BCUT2D eigenvalue weighted by Crippen LogP contribution is 2.02. The lowest BCUT2D eigenvalue weighted by Gasteiger charge is -2.17. The number of carbonyl (C=O) groups excluding carboxylic acids is 1. The molecule has 0 bridgehead atoms. The van der Waals surface area contributed by atoms with Crippen LogP contribution >= 0.6 is 15.9 Å². The van der Waals surface area contributed by atoms with Gasteiger partial charge in [-0.15, -0.1) is 5.10 Å². The Morgan fingerprint density at radius 3 is 3.20 bits per heavy atom. The average molecular weight is 275 g/mol. The van der Waals surface area contributed by atoms with Crippen LogP contribution in [0.2, 0.25) is 0 Å². The molecule has 0 fully saturated rings. The average Bonchev–Trinajstić information content (AvgIpc) is 2.18. The molecule has 82 valence electrons. The van der Waals surface area contributed by atoms with Gasteiger partial charge in [0.1, 0.15) is 10.3 Å². The minimum absolute atomic E-state index is 0.0244. The number of nitrogens with zero attached hydrogens (tertiary/aromatic N) is 2. The van der Waals surface area contributed by atoms with E-state index < -0.39 is 5.97 Å². The molecule has 0 aliphatic carbocycles. The zero-order chi connectivity index (χ0) is 11.3. The van der Waals surface area contributed by atoms with Gasteiger partial charge in [-0.1, -0.05) is 0 Å². The molecular formula is C8H11BrN4O2. The summed E-state index contributed by atoms with van der Waals surface area (Å²) in [5.41, 5.74) is 8.20. The molecular weight excluding hydrogens is 264 g/mol. The van der Waals surface area contributed by atoms with Gasteiger partial charge in [0.25, 0.3) is 0 Å². The molecule has 0 radical (unpaired) electrons. The summed E-state index contributed by atoms with van der Waals surface area (Å²) in [5, 5.41) is 5.27. The van der Waals surface area contributed by atoms with Crippen molar-refractivity contribution in [1.82, 2.24) is 10.5 Å². The highest BCUT2D eigenvalue weighted by molar-refractivity contribution is 9.18. The van der Waals surface area contributed by atoms with Crippen LogP contribution in [0.15, 0.2) is 29.3 Å². The Labute approximate surface area is 95.5 Å². The molecule has 0 saturated heterocycles. The first-order valence-electron chi connectivity index (χ1n) is 4.24. The molecule has 3 N–H and O–H groups in total. The maximum atomic E-state index is 11.2. The fourth-order valence-corrected chi connectivity index (χ4v) is 1.12. The van der Waals surface area contributed by atoms with E-state index in [1.807, 2.05) is 0 Å². The second-order valence-corrected chi connectivity index (χ2v) is 3.35. The lowest BCUT2D eigenvalue weighted by Crippen LogP contribution is -2.29. The number of rotatable bonds is 3. The summed E-state index contributed by atoms with van der Waals surface area (Å²) >= 11 is 3.18. The van der Waals surface area contributed by atoms with Gasteiger partial charge in [0.2, 0.25) is 0 Å². The van der Waals surface area contributed by atoms with Crippen molar-refractivity contribution in [3.8, 4) is 0 Å². The van der Waals surface area contributed by atoms with Crippen LogP contribution in [0.3, 0.4) is 0 Å². The summed E-state index contributed by atoms with van der Waals surface area (Å²) < 4.78 is 5.33. The molecule has 0 aromatic heterocycles. The van der Waals surface area contributed by atoms with Gasteiger partial charge in [0, 0.05) is 6.20 Å². The second kappa shape index (κ2) is 5.40. The Morgan fingerprint density at radius 1 is 1.87 bits per heavy atom. The van der Waals surface area contributed by atoms with Crippen LogP contribution < -0.4 is 11.2 Å². The molecule has 7 heteroatoms. The van der Waals surface area contributed by atoms with E-state index in [9.17, 15) is 4.79 Å². The molecule has 0 saturated carbocycles. The third kappa shape index (κ3) is 3.62. The van der Waals surface area contributed by atoms with Crippen molar-refractivity contribution in [3.05, 3.63) is 24.2 Å². The van der Waals surface area contributed by atoms with Gasteiger partial charge in [-0.3, -0.25) is 5.43 Å². The minimum atomic E-state index is -0.569. The van der Waals surface area contributed by atoms with Gasteiger partial charge in [0.05, 0.1) is 12.8 Å². The third-order valence-electron chi connectivity index (χ3n) is 1.40. The fraction of sp³-hybridized carbons (Fsp3) is 0.250. The molecule has 6 nitrogen and oxygen atoms in total. The Bertz CT molecular complexity index is 338. The smallest absolute Gasteiger partial charge is 0.355 e. The number of ether oxygens (including phenoxy) is 1. The number of hydrogen-bond donors (Lipinski definition) is 2. The highest BCUT2D eigenvalue weighted by Gasteiger charge is 2.09. The van der Waals surface area contributed by atoms with E-state index in [-0.39, 0.29) is 12.3 Å². The van der Waals surface area contributed by atoms with E-state index in [1.54, 1.807) is 19.2 Å². The first kappa shape index (κ1) is 11.6. The van der Waals surface area contributed by atoms with Gasteiger partial charge < -0.3 is 10.5 Å². The maximum absolute atomic E-state index is 11.2. The number of nitrogens with two attached hydrogens (primary N) is 1. The molecule has 1 aliphatic heterocycles. The maximum Gasteiger partial charge on any atom is 0.355 e. The van der Waals surface area contributed by atoms with E-state index in [2.05, 4.69) is 26.5 Å². The number of halogens is 1. The largest absolute Gasteiger partial charge is 0.461 e. The number of esters is 1. The first-order valence-corrected chi connectivity index (χ1v) is 5.03. The SMILES string of the molecule is CCOC(=O)/C(N)=C/N1N=C(Br)C=CN1. The van der Waals surface area contributed by atoms with E-state index in [0.717, 1.165) is 0 Å². The normalized spacial score (nSPS) is 15.7. The van der Waals surface area contributed by atoms with Crippen molar-refractivity contribution in [2.75, 3.05) is 6.61 Å². The number of hydrogen-bond acceptors (Lipinski definition) is 6. The zero-order valence-corrected chi connectivity index (χ0v) is 9.69. The summed E-state index contributed by atoms with van der Waals surface area (Å²) in [7, 11) is 0. The van der Waals surface area contributed by atoms with Crippen LogP contribution in [-0.2, 0) is 9.53 Å². The number of carbonyl (C=O) groups is 1. The minimum Gasteiger partial charge on any atom is -0.461 e. The summed E-state index contributed by atoms with van der Waals surface area (Å²) in [4.78, 5) is 11.2. The Balaban J connectivity index is 2.63. The van der Waals surface area contributed by atoms with Crippen molar-refractivity contribution in [1.29, 1.82) is 0 Å². The van der Waals surface area contributed by atoms with Crippen molar-refractivity contribution < 1.29 is 9.53 Å². The van der Waals surface area contributed by atoms with Gasteiger partial charge in [-0.2, -0.15) is 5.12 Å². The third-order valence-corrected chi connectivity index (χ3v) is 1.83. The van der Waals surface area contributed by atoms with E-state index in [1.165, 1.54) is 11.3 Å². The van der Waals surface area contributed by atoms with E-state index in [0.29, 0.717) is 4.62 Å². The molecule has 1 rings (SSSR count). The molecule has 0 unspecified atom stereocenters. The quantitative estimate of drug-likeness (QED) is 0.575. The molecule has 0 spiro atoms. The summed E-state index contributed by atoms with van der Waals surface area (Å²) in [6, 6.07) is 0. The van der Waals surface area contributed by atoms with Crippen molar-refractivity contribution in [2.24, 2.45) is 10.8 Å². The Kier molecular flexibility index (Phi) is 4.17. The van der Waals surface area contributed by atoms with Gasteiger partial charge in [0.15, 0.2) is 0 Å². The number of nitrogens with one attached hydrogen (secondary N) is 1.